The Bertz CT molecular complexity index is 716. The van der Waals surface area contributed by atoms with Crippen LogP contribution in [0.15, 0.2) is 53.4 Å². The van der Waals surface area contributed by atoms with E-state index in [1.54, 1.807) is 24.3 Å². The minimum absolute atomic E-state index is 0.139. The van der Waals surface area contributed by atoms with Gasteiger partial charge < -0.3 is 4.90 Å². The van der Waals surface area contributed by atoms with Crippen LogP contribution >= 0.6 is 0 Å². The molecule has 0 bridgehead atoms. The van der Waals surface area contributed by atoms with Crippen LogP contribution in [0.25, 0.3) is 11.1 Å². The topological polar surface area (TPSA) is 63.4 Å². The van der Waals surface area contributed by atoms with Crippen molar-refractivity contribution >= 4 is 15.7 Å². The van der Waals surface area contributed by atoms with Crippen LogP contribution in [0.4, 0.5) is 5.69 Å². The lowest BCUT2D eigenvalue weighted by Crippen LogP contribution is -2.17. The summed E-state index contributed by atoms with van der Waals surface area (Å²) >= 11 is 0. The molecule has 1 heterocycles. The van der Waals surface area contributed by atoms with Crippen molar-refractivity contribution < 1.29 is 8.42 Å². The van der Waals surface area contributed by atoms with Gasteiger partial charge in [0, 0.05) is 18.8 Å². The van der Waals surface area contributed by atoms with Gasteiger partial charge in [-0.25, -0.2) is 13.6 Å². The molecule has 1 saturated heterocycles. The maximum Gasteiger partial charge on any atom is 0.238 e. The number of nitrogens with zero attached hydrogens (tertiary/aromatic N) is 1. The molecule has 1 fully saturated rings. The highest BCUT2D eigenvalue weighted by Gasteiger charge is 2.12. The van der Waals surface area contributed by atoms with E-state index in [1.807, 2.05) is 0 Å². The quantitative estimate of drug-likeness (QED) is 0.948. The molecule has 110 valence electrons. The highest BCUT2D eigenvalue weighted by atomic mass is 32.2. The second-order valence-corrected chi connectivity index (χ2v) is 6.87. The third kappa shape index (κ3) is 3.09. The fourth-order valence-corrected chi connectivity index (χ4v) is 3.19. The number of hydrogen-bond acceptors (Lipinski definition) is 3. The van der Waals surface area contributed by atoms with E-state index in [-0.39, 0.29) is 4.90 Å². The zero-order valence-electron chi connectivity index (χ0n) is 11.7. The van der Waals surface area contributed by atoms with E-state index >= 15 is 0 Å². The molecule has 3 rings (SSSR count). The Morgan fingerprint density at radius 3 is 1.76 bits per heavy atom. The molecule has 0 spiro atoms. The highest BCUT2D eigenvalue weighted by molar-refractivity contribution is 7.89. The molecule has 0 aliphatic carbocycles. The number of benzene rings is 2. The lowest BCUT2D eigenvalue weighted by Gasteiger charge is -2.17. The van der Waals surface area contributed by atoms with E-state index in [0.29, 0.717) is 0 Å². The standard InChI is InChI=1S/C16H18N2O2S/c17-21(19,20)16-9-5-14(6-10-16)13-3-7-15(8-4-13)18-11-1-2-12-18/h3-10H,1-2,11-12H2,(H2,17,19,20). The van der Waals surface area contributed by atoms with Crippen molar-refractivity contribution in [3.63, 3.8) is 0 Å². The summed E-state index contributed by atoms with van der Waals surface area (Å²) in [5.74, 6) is 0. The predicted molar refractivity (Wildman–Crippen MR) is 84.7 cm³/mol. The first kappa shape index (κ1) is 14.1. The number of rotatable bonds is 3. The van der Waals surface area contributed by atoms with Gasteiger partial charge in [-0.3, -0.25) is 0 Å². The maximum absolute atomic E-state index is 11.2. The summed E-state index contributed by atoms with van der Waals surface area (Å²) in [7, 11) is -3.63. The zero-order chi connectivity index (χ0) is 14.9. The third-order valence-electron chi connectivity index (χ3n) is 3.85. The lowest BCUT2D eigenvalue weighted by atomic mass is 10.1. The number of anilines is 1. The van der Waals surface area contributed by atoms with Crippen LogP contribution in [-0.4, -0.2) is 21.5 Å². The zero-order valence-corrected chi connectivity index (χ0v) is 12.5. The minimum Gasteiger partial charge on any atom is -0.372 e. The Kier molecular flexibility index (Phi) is 3.69. The van der Waals surface area contributed by atoms with Gasteiger partial charge in [-0.05, 0) is 48.2 Å². The summed E-state index contributed by atoms with van der Waals surface area (Å²) < 4.78 is 22.5. The first-order chi connectivity index (χ1) is 10.0. The maximum atomic E-state index is 11.2. The van der Waals surface area contributed by atoms with Crippen molar-refractivity contribution in [3.05, 3.63) is 48.5 Å². The van der Waals surface area contributed by atoms with Crippen molar-refractivity contribution in [2.24, 2.45) is 5.14 Å². The monoisotopic (exact) mass is 302 g/mol. The largest absolute Gasteiger partial charge is 0.372 e. The number of primary sulfonamides is 1. The van der Waals surface area contributed by atoms with Gasteiger partial charge in [0.2, 0.25) is 10.0 Å². The SMILES string of the molecule is NS(=O)(=O)c1ccc(-c2ccc(N3CCCC3)cc2)cc1. The molecule has 1 aliphatic heterocycles. The van der Waals surface area contributed by atoms with Gasteiger partial charge >= 0.3 is 0 Å². The first-order valence-corrected chi connectivity index (χ1v) is 8.57. The van der Waals surface area contributed by atoms with Crippen molar-refractivity contribution in [1.29, 1.82) is 0 Å². The minimum atomic E-state index is -3.63. The second kappa shape index (κ2) is 5.50. The molecule has 0 atom stereocenters. The van der Waals surface area contributed by atoms with Gasteiger partial charge in [0.15, 0.2) is 0 Å². The Morgan fingerprint density at radius 2 is 1.29 bits per heavy atom. The Hall–Kier alpha value is -1.85. The summed E-state index contributed by atoms with van der Waals surface area (Å²) in [6, 6.07) is 15.0. The molecule has 1 aliphatic rings. The molecular weight excluding hydrogens is 284 g/mol. The normalized spacial score (nSPS) is 15.4. The van der Waals surface area contributed by atoms with Gasteiger partial charge in [-0.2, -0.15) is 0 Å². The van der Waals surface area contributed by atoms with E-state index in [4.69, 9.17) is 5.14 Å². The van der Waals surface area contributed by atoms with E-state index in [9.17, 15) is 8.42 Å². The third-order valence-corrected chi connectivity index (χ3v) is 4.78. The van der Waals surface area contributed by atoms with Gasteiger partial charge in [0.1, 0.15) is 0 Å². The fourth-order valence-electron chi connectivity index (χ4n) is 2.68. The van der Waals surface area contributed by atoms with Crippen LogP contribution < -0.4 is 10.0 Å². The van der Waals surface area contributed by atoms with Gasteiger partial charge in [0.25, 0.3) is 0 Å². The molecule has 21 heavy (non-hydrogen) atoms. The van der Waals surface area contributed by atoms with E-state index in [1.165, 1.54) is 18.5 Å². The molecule has 0 radical (unpaired) electrons. The predicted octanol–water partition coefficient (Wildman–Crippen LogP) is 2.60. The highest BCUT2D eigenvalue weighted by Crippen LogP contribution is 2.26. The Morgan fingerprint density at radius 1 is 0.810 bits per heavy atom. The van der Waals surface area contributed by atoms with Crippen LogP contribution in [0.3, 0.4) is 0 Å². The Balaban J connectivity index is 1.83. The summed E-state index contributed by atoms with van der Waals surface area (Å²) in [6.07, 6.45) is 2.52. The molecular formula is C16H18N2O2S. The van der Waals surface area contributed by atoms with Crippen LogP contribution in [0, 0.1) is 0 Å². The molecule has 2 aromatic rings. The van der Waals surface area contributed by atoms with Crippen LogP contribution in [0.2, 0.25) is 0 Å². The molecule has 0 saturated carbocycles. The van der Waals surface area contributed by atoms with Crippen LogP contribution in [0.1, 0.15) is 12.8 Å². The van der Waals surface area contributed by atoms with Crippen LogP contribution in [-0.2, 0) is 10.0 Å². The lowest BCUT2D eigenvalue weighted by molar-refractivity contribution is 0.598. The molecule has 0 amide bonds. The smallest absolute Gasteiger partial charge is 0.238 e. The van der Waals surface area contributed by atoms with E-state index in [2.05, 4.69) is 29.2 Å². The Labute approximate surface area is 125 Å². The van der Waals surface area contributed by atoms with E-state index in [0.717, 1.165) is 24.2 Å². The first-order valence-electron chi connectivity index (χ1n) is 7.02. The second-order valence-electron chi connectivity index (χ2n) is 5.31. The van der Waals surface area contributed by atoms with Gasteiger partial charge in [0.05, 0.1) is 4.90 Å². The summed E-state index contributed by atoms with van der Waals surface area (Å²) in [6.45, 7) is 2.25. The number of hydrogen-bond donors (Lipinski definition) is 1. The molecule has 2 aromatic carbocycles. The van der Waals surface area contributed by atoms with Gasteiger partial charge in [-0.1, -0.05) is 24.3 Å². The molecule has 5 heteroatoms. The number of nitrogens with two attached hydrogens (primary N) is 1. The molecule has 0 unspecified atom stereocenters. The molecule has 4 nitrogen and oxygen atoms in total. The molecule has 2 N–H and O–H groups in total. The van der Waals surface area contributed by atoms with Gasteiger partial charge in [-0.15, -0.1) is 0 Å². The van der Waals surface area contributed by atoms with Crippen molar-refractivity contribution in [1.82, 2.24) is 0 Å². The summed E-state index contributed by atoms with van der Waals surface area (Å²) in [5.41, 5.74) is 3.30. The van der Waals surface area contributed by atoms with Crippen molar-refractivity contribution in [3.8, 4) is 11.1 Å². The average Bonchev–Trinajstić information content (AvgIpc) is 3.01. The molecule has 0 aromatic heterocycles. The number of sulfonamides is 1. The van der Waals surface area contributed by atoms with E-state index < -0.39 is 10.0 Å². The van der Waals surface area contributed by atoms with Crippen LogP contribution in [0.5, 0.6) is 0 Å². The summed E-state index contributed by atoms with van der Waals surface area (Å²) in [5, 5.41) is 5.10. The average molecular weight is 302 g/mol. The van der Waals surface area contributed by atoms with Crippen molar-refractivity contribution in [2.45, 2.75) is 17.7 Å². The summed E-state index contributed by atoms with van der Waals surface area (Å²) in [4.78, 5) is 2.52. The fraction of sp³-hybridized carbons (Fsp3) is 0.250. The van der Waals surface area contributed by atoms with Crippen molar-refractivity contribution in [2.75, 3.05) is 18.0 Å².